The van der Waals surface area contributed by atoms with Crippen molar-refractivity contribution in [1.82, 2.24) is 20.4 Å². The second kappa shape index (κ2) is 5.69. The first-order valence-corrected chi connectivity index (χ1v) is 6.93. The first-order chi connectivity index (χ1) is 9.09. The van der Waals surface area contributed by atoms with E-state index in [0.29, 0.717) is 12.4 Å². The van der Waals surface area contributed by atoms with E-state index in [2.05, 4.69) is 41.2 Å². The number of hydrogen-bond acceptors (Lipinski definition) is 5. The topological polar surface area (TPSA) is 71.3 Å². The molecule has 106 valence electrons. The van der Waals surface area contributed by atoms with Crippen molar-refractivity contribution >= 4 is 5.91 Å². The van der Waals surface area contributed by atoms with E-state index in [9.17, 15) is 4.79 Å². The zero-order valence-electron chi connectivity index (χ0n) is 11.9. The largest absolute Gasteiger partial charge is 0.416 e. The molecule has 0 saturated heterocycles. The summed E-state index contributed by atoms with van der Waals surface area (Å²) < 4.78 is 5.43. The molecule has 0 bridgehead atoms. The van der Waals surface area contributed by atoms with Crippen molar-refractivity contribution in [2.45, 2.75) is 39.0 Å². The highest BCUT2D eigenvalue weighted by Crippen LogP contribution is 2.46. The lowest BCUT2D eigenvalue weighted by molar-refractivity contribution is 0.0911. The SMILES string of the molecule is CCN(CC)CCNC(=O)c1nnc(C2(C)CC2)o1. The second-order valence-corrected chi connectivity index (χ2v) is 5.26. The van der Waals surface area contributed by atoms with Crippen molar-refractivity contribution in [2.24, 2.45) is 0 Å². The molecule has 1 fully saturated rings. The average Bonchev–Trinajstić information content (AvgIpc) is 2.96. The van der Waals surface area contributed by atoms with E-state index in [1.165, 1.54) is 0 Å². The average molecular weight is 266 g/mol. The van der Waals surface area contributed by atoms with Gasteiger partial charge in [-0.3, -0.25) is 4.79 Å². The van der Waals surface area contributed by atoms with Crippen LogP contribution in [0.3, 0.4) is 0 Å². The van der Waals surface area contributed by atoms with Crippen LogP contribution in [-0.4, -0.2) is 47.2 Å². The van der Waals surface area contributed by atoms with Gasteiger partial charge in [0.1, 0.15) is 0 Å². The molecule has 0 unspecified atom stereocenters. The Morgan fingerprint density at radius 2 is 2.05 bits per heavy atom. The maximum absolute atomic E-state index is 11.8. The van der Waals surface area contributed by atoms with Crippen molar-refractivity contribution in [3.8, 4) is 0 Å². The van der Waals surface area contributed by atoms with Crippen LogP contribution in [-0.2, 0) is 5.41 Å². The van der Waals surface area contributed by atoms with Crippen LogP contribution in [0.4, 0.5) is 0 Å². The highest BCUT2D eigenvalue weighted by molar-refractivity contribution is 5.89. The molecule has 0 spiro atoms. The summed E-state index contributed by atoms with van der Waals surface area (Å²) in [6.45, 7) is 9.66. The van der Waals surface area contributed by atoms with E-state index >= 15 is 0 Å². The Morgan fingerprint density at radius 1 is 1.37 bits per heavy atom. The van der Waals surface area contributed by atoms with Gasteiger partial charge in [0.25, 0.3) is 0 Å². The van der Waals surface area contributed by atoms with E-state index in [4.69, 9.17) is 4.42 Å². The summed E-state index contributed by atoms with van der Waals surface area (Å²) in [6, 6.07) is 0. The van der Waals surface area contributed by atoms with Crippen LogP contribution in [0.15, 0.2) is 4.42 Å². The molecule has 1 saturated carbocycles. The molecule has 0 aliphatic heterocycles. The second-order valence-electron chi connectivity index (χ2n) is 5.26. The van der Waals surface area contributed by atoms with Gasteiger partial charge in [0, 0.05) is 18.5 Å². The quantitative estimate of drug-likeness (QED) is 0.802. The molecule has 0 atom stereocenters. The molecule has 1 amide bonds. The van der Waals surface area contributed by atoms with E-state index in [0.717, 1.165) is 32.5 Å². The maximum Gasteiger partial charge on any atom is 0.308 e. The highest BCUT2D eigenvalue weighted by atomic mass is 16.4. The molecular weight excluding hydrogens is 244 g/mol. The summed E-state index contributed by atoms with van der Waals surface area (Å²) in [5, 5.41) is 10.6. The molecule has 1 aliphatic carbocycles. The highest BCUT2D eigenvalue weighted by Gasteiger charge is 2.44. The van der Waals surface area contributed by atoms with Gasteiger partial charge in [-0.15, -0.1) is 10.2 Å². The molecule has 6 heteroatoms. The molecule has 1 aromatic rings. The number of rotatable bonds is 7. The number of likely N-dealkylation sites (N-methyl/N-ethyl adjacent to an activating group) is 1. The third-order valence-electron chi connectivity index (χ3n) is 3.74. The summed E-state index contributed by atoms with van der Waals surface area (Å²) in [5.41, 5.74) is 0.00670. The molecular formula is C13H22N4O2. The number of nitrogens with zero attached hydrogens (tertiary/aromatic N) is 3. The van der Waals surface area contributed by atoms with Crippen LogP contribution in [0.25, 0.3) is 0 Å². The Kier molecular flexibility index (Phi) is 4.19. The van der Waals surface area contributed by atoms with Gasteiger partial charge in [0.15, 0.2) is 0 Å². The van der Waals surface area contributed by atoms with Crippen LogP contribution in [0.2, 0.25) is 0 Å². The fourth-order valence-electron chi connectivity index (χ4n) is 1.90. The van der Waals surface area contributed by atoms with E-state index in [1.54, 1.807) is 0 Å². The summed E-state index contributed by atoms with van der Waals surface area (Å²) in [7, 11) is 0. The Balaban J connectivity index is 1.81. The third-order valence-corrected chi connectivity index (χ3v) is 3.74. The Labute approximate surface area is 113 Å². The van der Waals surface area contributed by atoms with Crippen LogP contribution < -0.4 is 5.32 Å². The Hall–Kier alpha value is -1.43. The number of carbonyl (C=O) groups is 1. The van der Waals surface area contributed by atoms with Crippen molar-refractivity contribution in [2.75, 3.05) is 26.2 Å². The number of carbonyl (C=O) groups excluding carboxylic acids is 1. The zero-order chi connectivity index (χ0) is 13.9. The summed E-state index contributed by atoms with van der Waals surface area (Å²) in [6.07, 6.45) is 2.11. The lowest BCUT2D eigenvalue weighted by Gasteiger charge is -2.17. The van der Waals surface area contributed by atoms with Crippen LogP contribution in [0.1, 0.15) is 50.2 Å². The van der Waals surface area contributed by atoms with Crippen molar-refractivity contribution in [3.63, 3.8) is 0 Å². The van der Waals surface area contributed by atoms with Gasteiger partial charge < -0.3 is 14.6 Å². The predicted molar refractivity (Wildman–Crippen MR) is 71.0 cm³/mol. The van der Waals surface area contributed by atoms with E-state index in [-0.39, 0.29) is 17.2 Å². The first kappa shape index (κ1) is 14.0. The maximum atomic E-state index is 11.8. The number of hydrogen-bond donors (Lipinski definition) is 1. The minimum Gasteiger partial charge on any atom is -0.416 e. The van der Waals surface area contributed by atoms with Crippen molar-refractivity contribution in [3.05, 3.63) is 11.8 Å². The van der Waals surface area contributed by atoms with Crippen LogP contribution in [0, 0.1) is 0 Å². The minimum absolute atomic E-state index is 0.00670. The molecule has 6 nitrogen and oxygen atoms in total. The molecule has 0 radical (unpaired) electrons. The molecule has 2 rings (SSSR count). The molecule has 1 aromatic heterocycles. The zero-order valence-corrected chi connectivity index (χ0v) is 11.9. The van der Waals surface area contributed by atoms with Gasteiger partial charge in [-0.1, -0.05) is 20.8 Å². The van der Waals surface area contributed by atoms with E-state index < -0.39 is 0 Å². The molecule has 0 aromatic carbocycles. The molecule has 19 heavy (non-hydrogen) atoms. The van der Waals surface area contributed by atoms with Gasteiger partial charge in [0.05, 0.1) is 0 Å². The fraction of sp³-hybridized carbons (Fsp3) is 0.769. The number of aromatic nitrogens is 2. The van der Waals surface area contributed by atoms with Gasteiger partial charge in [-0.2, -0.15) is 0 Å². The standard InChI is InChI=1S/C13H22N4O2/c1-4-17(5-2)9-8-14-10(18)11-15-16-12(19-11)13(3)6-7-13/h4-9H2,1-3H3,(H,14,18). The Bertz CT molecular complexity index is 436. The van der Waals surface area contributed by atoms with Crippen LogP contribution >= 0.6 is 0 Å². The first-order valence-electron chi connectivity index (χ1n) is 6.93. The lowest BCUT2D eigenvalue weighted by atomic mass is 10.1. The molecule has 1 aliphatic rings. The van der Waals surface area contributed by atoms with E-state index in [1.807, 2.05) is 0 Å². The van der Waals surface area contributed by atoms with Gasteiger partial charge in [-0.05, 0) is 25.9 Å². The van der Waals surface area contributed by atoms with Crippen molar-refractivity contribution in [1.29, 1.82) is 0 Å². The summed E-state index contributed by atoms with van der Waals surface area (Å²) in [5.74, 6) is 0.374. The lowest BCUT2D eigenvalue weighted by Crippen LogP contribution is -2.34. The van der Waals surface area contributed by atoms with Gasteiger partial charge in [-0.25, -0.2) is 0 Å². The Morgan fingerprint density at radius 3 is 2.63 bits per heavy atom. The molecule has 1 N–H and O–H groups in total. The fourth-order valence-corrected chi connectivity index (χ4v) is 1.90. The monoisotopic (exact) mass is 266 g/mol. The van der Waals surface area contributed by atoms with Gasteiger partial charge in [0.2, 0.25) is 5.89 Å². The smallest absolute Gasteiger partial charge is 0.308 e. The summed E-state index contributed by atoms with van der Waals surface area (Å²) >= 11 is 0. The molecule has 1 heterocycles. The third kappa shape index (κ3) is 3.32. The summed E-state index contributed by atoms with van der Waals surface area (Å²) in [4.78, 5) is 14.1. The predicted octanol–water partition coefficient (Wildman–Crippen LogP) is 1.19. The van der Waals surface area contributed by atoms with Crippen LogP contribution in [0.5, 0.6) is 0 Å². The van der Waals surface area contributed by atoms with Crippen molar-refractivity contribution < 1.29 is 9.21 Å². The van der Waals surface area contributed by atoms with Gasteiger partial charge >= 0.3 is 11.8 Å². The minimum atomic E-state index is -0.282. The normalized spacial score (nSPS) is 16.6. The number of nitrogens with one attached hydrogen (secondary N) is 1. The number of amides is 1.